The van der Waals surface area contributed by atoms with Crippen molar-refractivity contribution in [2.24, 2.45) is 0 Å². The summed E-state index contributed by atoms with van der Waals surface area (Å²) in [4.78, 5) is 15.0. The molecular weight excluding hydrogens is 382 g/mol. The quantitative estimate of drug-likeness (QED) is 0.818. The molecule has 2 aromatic carbocycles. The number of likely N-dealkylation sites (tertiary alicyclic amines) is 1. The van der Waals surface area contributed by atoms with Crippen LogP contribution in [0.1, 0.15) is 41.8 Å². The zero-order valence-electron chi connectivity index (χ0n) is 17.8. The van der Waals surface area contributed by atoms with Crippen LogP contribution in [0.25, 0.3) is 0 Å². The van der Waals surface area contributed by atoms with E-state index < -0.39 is 11.2 Å². The van der Waals surface area contributed by atoms with Crippen molar-refractivity contribution in [1.29, 1.82) is 0 Å². The second-order valence-corrected chi connectivity index (χ2v) is 8.76. The summed E-state index contributed by atoms with van der Waals surface area (Å²) in [6, 6.07) is 15.5. The minimum absolute atomic E-state index is 0.0238. The van der Waals surface area contributed by atoms with Gasteiger partial charge in [-0.2, -0.15) is 0 Å². The van der Waals surface area contributed by atoms with Crippen LogP contribution >= 0.6 is 0 Å². The number of benzene rings is 2. The number of fused-ring (bicyclic) bond motifs is 1. The number of piperidine rings is 1. The van der Waals surface area contributed by atoms with Gasteiger partial charge in [0, 0.05) is 18.5 Å². The van der Waals surface area contributed by atoms with Crippen LogP contribution < -0.4 is 4.74 Å². The maximum atomic E-state index is 13.2. The van der Waals surface area contributed by atoms with E-state index in [9.17, 15) is 9.90 Å². The van der Waals surface area contributed by atoms with Crippen LogP contribution in [0.3, 0.4) is 0 Å². The number of carbonyl (C=O) groups excluding carboxylic acids is 1. The third-order valence-corrected chi connectivity index (χ3v) is 5.80. The molecule has 160 valence electrons. The molecule has 4 rings (SSSR count). The number of carbonyl (C=O) groups is 1. The normalized spacial score (nSPS) is 23.9. The molecule has 1 N–H and O–H groups in total. The standard InChI is InChI=1S/C24H29NO5/c1-17-13-18(9-10-20(17)28-15-23(2,3)27)22(26)25-12-11-24(19-7-5-4-6-8-19)21(14-25)29-16-30-24/h4-10,13,21,27H,11-12,14-16H2,1-3H3/t21-,24-/m1/s1. The van der Waals surface area contributed by atoms with Gasteiger partial charge in [0.2, 0.25) is 0 Å². The predicted molar refractivity (Wildman–Crippen MR) is 112 cm³/mol. The largest absolute Gasteiger partial charge is 0.490 e. The molecule has 30 heavy (non-hydrogen) atoms. The molecule has 6 heteroatoms. The molecule has 2 aliphatic rings. The van der Waals surface area contributed by atoms with Crippen molar-refractivity contribution in [3.63, 3.8) is 0 Å². The molecule has 0 aliphatic carbocycles. The van der Waals surface area contributed by atoms with E-state index in [1.165, 1.54) is 0 Å². The highest BCUT2D eigenvalue weighted by Crippen LogP contribution is 2.42. The fourth-order valence-electron chi connectivity index (χ4n) is 4.17. The van der Waals surface area contributed by atoms with Gasteiger partial charge in [0.25, 0.3) is 5.91 Å². The molecule has 0 aromatic heterocycles. The van der Waals surface area contributed by atoms with E-state index in [1.807, 2.05) is 36.1 Å². The number of nitrogens with zero attached hydrogens (tertiary/aromatic N) is 1. The Kier molecular flexibility index (Phi) is 5.57. The Morgan fingerprint density at radius 1 is 1.27 bits per heavy atom. The summed E-state index contributed by atoms with van der Waals surface area (Å²) < 4.78 is 17.6. The Morgan fingerprint density at radius 2 is 2.03 bits per heavy atom. The van der Waals surface area contributed by atoms with Crippen molar-refractivity contribution in [1.82, 2.24) is 4.90 Å². The maximum absolute atomic E-state index is 13.2. The van der Waals surface area contributed by atoms with E-state index in [1.54, 1.807) is 26.0 Å². The van der Waals surface area contributed by atoms with E-state index in [2.05, 4.69) is 12.1 Å². The molecule has 0 saturated carbocycles. The Balaban J connectivity index is 1.47. The highest BCUT2D eigenvalue weighted by Gasteiger charge is 2.51. The molecule has 2 fully saturated rings. The Hall–Kier alpha value is -2.41. The summed E-state index contributed by atoms with van der Waals surface area (Å²) in [5, 5.41) is 9.85. The number of aliphatic hydroxyl groups is 1. The molecule has 0 bridgehead atoms. The number of amides is 1. The molecule has 0 spiro atoms. The summed E-state index contributed by atoms with van der Waals surface area (Å²) in [6.07, 6.45) is 0.507. The van der Waals surface area contributed by atoms with Gasteiger partial charge in [0.15, 0.2) is 0 Å². The first kappa shape index (κ1) is 20.8. The predicted octanol–water partition coefficient (Wildman–Crippen LogP) is 3.26. The first-order valence-electron chi connectivity index (χ1n) is 10.3. The summed E-state index contributed by atoms with van der Waals surface area (Å²) in [5.74, 6) is 0.646. The van der Waals surface area contributed by atoms with Crippen molar-refractivity contribution < 1.29 is 24.1 Å². The number of ether oxygens (including phenoxy) is 3. The topological polar surface area (TPSA) is 68.2 Å². The summed E-state index contributed by atoms with van der Waals surface area (Å²) >= 11 is 0. The van der Waals surface area contributed by atoms with Crippen molar-refractivity contribution >= 4 is 5.91 Å². The van der Waals surface area contributed by atoms with Crippen LogP contribution in [0.4, 0.5) is 0 Å². The maximum Gasteiger partial charge on any atom is 0.253 e. The average molecular weight is 411 g/mol. The lowest BCUT2D eigenvalue weighted by Crippen LogP contribution is -2.53. The van der Waals surface area contributed by atoms with Gasteiger partial charge < -0.3 is 24.2 Å². The highest BCUT2D eigenvalue weighted by atomic mass is 16.7. The van der Waals surface area contributed by atoms with E-state index in [-0.39, 0.29) is 25.4 Å². The Morgan fingerprint density at radius 3 is 2.73 bits per heavy atom. The highest BCUT2D eigenvalue weighted by molar-refractivity contribution is 5.94. The van der Waals surface area contributed by atoms with Gasteiger partial charge in [0.05, 0.1) is 12.1 Å². The van der Waals surface area contributed by atoms with Crippen LogP contribution in [-0.2, 0) is 15.1 Å². The second-order valence-electron chi connectivity index (χ2n) is 8.76. The van der Waals surface area contributed by atoms with Gasteiger partial charge in [-0.05, 0) is 50.1 Å². The van der Waals surface area contributed by atoms with Gasteiger partial charge in [-0.1, -0.05) is 30.3 Å². The van der Waals surface area contributed by atoms with Gasteiger partial charge in [0.1, 0.15) is 30.9 Å². The molecule has 0 radical (unpaired) electrons. The van der Waals surface area contributed by atoms with Gasteiger partial charge in [-0.15, -0.1) is 0 Å². The van der Waals surface area contributed by atoms with Crippen LogP contribution in [0, 0.1) is 6.92 Å². The Labute approximate surface area is 177 Å². The number of hydrogen-bond donors (Lipinski definition) is 1. The minimum atomic E-state index is -0.913. The molecule has 2 aromatic rings. The molecular formula is C24H29NO5. The number of hydrogen-bond acceptors (Lipinski definition) is 5. The molecule has 0 unspecified atom stereocenters. The monoisotopic (exact) mass is 411 g/mol. The molecule has 2 aliphatic heterocycles. The summed E-state index contributed by atoms with van der Waals surface area (Å²) in [5.41, 5.74) is 1.19. The lowest BCUT2D eigenvalue weighted by Gasteiger charge is -2.42. The lowest BCUT2D eigenvalue weighted by atomic mass is 9.82. The van der Waals surface area contributed by atoms with Gasteiger partial charge in [-0.25, -0.2) is 0 Å². The van der Waals surface area contributed by atoms with E-state index in [4.69, 9.17) is 14.2 Å². The van der Waals surface area contributed by atoms with Crippen molar-refractivity contribution in [3.8, 4) is 5.75 Å². The first-order valence-corrected chi connectivity index (χ1v) is 10.3. The van der Waals surface area contributed by atoms with E-state index in [0.29, 0.717) is 30.8 Å². The minimum Gasteiger partial charge on any atom is -0.490 e. The number of rotatable bonds is 5. The van der Waals surface area contributed by atoms with E-state index >= 15 is 0 Å². The summed E-state index contributed by atoms with van der Waals surface area (Å²) in [6.45, 7) is 6.82. The molecule has 2 heterocycles. The average Bonchev–Trinajstić information content (AvgIpc) is 3.16. The third kappa shape index (κ3) is 4.08. The summed E-state index contributed by atoms with van der Waals surface area (Å²) in [7, 11) is 0. The van der Waals surface area contributed by atoms with Crippen LogP contribution in [0.15, 0.2) is 48.5 Å². The SMILES string of the molecule is Cc1cc(C(=O)N2CC[C@]3(c4ccccc4)OCO[C@@H]3C2)ccc1OCC(C)(C)O. The molecule has 2 atom stereocenters. The van der Waals surface area contributed by atoms with Crippen LogP contribution in [0.5, 0.6) is 5.75 Å². The zero-order valence-corrected chi connectivity index (χ0v) is 17.8. The third-order valence-electron chi connectivity index (χ3n) is 5.80. The molecule has 1 amide bonds. The fraction of sp³-hybridized carbons (Fsp3) is 0.458. The first-order chi connectivity index (χ1) is 14.3. The second kappa shape index (κ2) is 8.02. The van der Waals surface area contributed by atoms with E-state index in [0.717, 1.165) is 11.1 Å². The smallest absolute Gasteiger partial charge is 0.253 e. The van der Waals surface area contributed by atoms with Crippen molar-refractivity contribution in [3.05, 3.63) is 65.2 Å². The Bertz CT molecular complexity index is 908. The van der Waals surface area contributed by atoms with Crippen LogP contribution in [-0.4, -0.2) is 54.1 Å². The number of aryl methyl sites for hydroxylation is 1. The van der Waals surface area contributed by atoms with Crippen molar-refractivity contribution in [2.75, 3.05) is 26.5 Å². The zero-order chi connectivity index (χ0) is 21.4. The molecule has 2 saturated heterocycles. The van der Waals surface area contributed by atoms with Gasteiger partial charge in [-0.3, -0.25) is 4.79 Å². The fourth-order valence-corrected chi connectivity index (χ4v) is 4.17. The van der Waals surface area contributed by atoms with Crippen LogP contribution in [0.2, 0.25) is 0 Å². The molecule has 6 nitrogen and oxygen atoms in total. The van der Waals surface area contributed by atoms with Gasteiger partial charge >= 0.3 is 0 Å². The lowest BCUT2D eigenvalue weighted by molar-refractivity contribution is -0.0439. The van der Waals surface area contributed by atoms with Crippen molar-refractivity contribution in [2.45, 2.75) is 44.5 Å².